The maximum Gasteiger partial charge on any atom is 0.407 e. The highest BCUT2D eigenvalue weighted by molar-refractivity contribution is 5.67. The highest BCUT2D eigenvalue weighted by Crippen LogP contribution is 2.27. The normalized spacial score (nSPS) is 30.3. The van der Waals surface area contributed by atoms with E-state index in [1.54, 1.807) is 0 Å². The standard InChI is InChI=1S/C17H32N2O3/c1-12(14-8-9-21-11-14)19-15-7-5-6-13(15)10-18-16(20)22-17(2,3)4/h12-15,19H,5-11H2,1-4H3,(H,18,20). The highest BCUT2D eigenvalue weighted by Gasteiger charge is 2.31. The van der Waals surface area contributed by atoms with E-state index in [1.165, 1.54) is 19.3 Å². The van der Waals surface area contributed by atoms with Crippen molar-refractivity contribution in [2.24, 2.45) is 11.8 Å². The van der Waals surface area contributed by atoms with Gasteiger partial charge in [-0.15, -0.1) is 0 Å². The van der Waals surface area contributed by atoms with Gasteiger partial charge in [0.1, 0.15) is 5.60 Å². The van der Waals surface area contributed by atoms with Crippen LogP contribution in [0.3, 0.4) is 0 Å². The molecule has 5 nitrogen and oxygen atoms in total. The first kappa shape index (κ1) is 17.5. The number of amides is 1. The molecule has 1 aliphatic heterocycles. The SMILES string of the molecule is CC(NC1CCCC1CNC(=O)OC(C)(C)C)C1CCOC1. The van der Waals surface area contributed by atoms with Crippen LogP contribution in [0, 0.1) is 11.8 Å². The van der Waals surface area contributed by atoms with Crippen LogP contribution in [0.1, 0.15) is 53.4 Å². The minimum Gasteiger partial charge on any atom is -0.444 e. The van der Waals surface area contributed by atoms with Crippen LogP contribution in [0.5, 0.6) is 0 Å². The number of ether oxygens (including phenoxy) is 2. The van der Waals surface area contributed by atoms with E-state index >= 15 is 0 Å². The number of carbonyl (C=O) groups excluding carboxylic acids is 1. The highest BCUT2D eigenvalue weighted by atomic mass is 16.6. The van der Waals surface area contributed by atoms with Crippen molar-refractivity contribution in [2.45, 2.75) is 71.1 Å². The third kappa shape index (κ3) is 5.43. The van der Waals surface area contributed by atoms with Gasteiger partial charge in [0, 0.05) is 25.2 Å². The molecule has 1 saturated heterocycles. The van der Waals surface area contributed by atoms with E-state index < -0.39 is 5.60 Å². The van der Waals surface area contributed by atoms with Crippen LogP contribution in [0.4, 0.5) is 4.79 Å². The molecule has 2 fully saturated rings. The molecule has 0 spiro atoms. The summed E-state index contributed by atoms with van der Waals surface area (Å²) >= 11 is 0. The van der Waals surface area contributed by atoms with Gasteiger partial charge in [-0.05, 0) is 58.8 Å². The molecule has 1 amide bonds. The molecule has 5 heteroatoms. The predicted octanol–water partition coefficient (Wildman–Crippen LogP) is 2.69. The second-order valence-electron chi connectivity index (χ2n) is 7.76. The smallest absolute Gasteiger partial charge is 0.407 e. The molecule has 2 N–H and O–H groups in total. The molecule has 0 aromatic carbocycles. The van der Waals surface area contributed by atoms with Gasteiger partial charge >= 0.3 is 6.09 Å². The van der Waals surface area contributed by atoms with Crippen molar-refractivity contribution in [1.82, 2.24) is 10.6 Å². The van der Waals surface area contributed by atoms with Gasteiger partial charge in [0.2, 0.25) is 0 Å². The van der Waals surface area contributed by atoms with Crippen LogP contribution in [-0.4, -0.2) is 43.5 Å². The van der Waals surface area contributed by atoms with E-state index in [9.17, 15) is 4.79 Å². The third-order valence-electron chi connectivity index (χ3n) is 4.72. The topological polar surface area (TPSA) is 59.6 Å². The van der Waals surface area contributed by atoms with Crippen molar-refractivity contribution in [3.8, 4) is 0 Å². The average molecular weight is 312 g/mol. The van der Waals surface area contributed by atoms with Crippen LogP contribution >= 0.6 is 0 Å². The Morgan fingerprint density at radius 3 is 2.73 bits per heavy atom. The molecule has 0 aromatic heterocycles. The summed E-state index contributed by atoms with van der Waals surface area (Å²) in [5, 5.41) is 6.70. The Morgan fingerprint density at radius 2 is 2.09 bits per heavy atom. The average Bonchev–Trinajstić information content (AvgIpc) is 3.05. The zero-order chi connectivity index (χ0) is 16.2. The number of rotatable bonds is 5. The number of nitrogens with one attached hydrogen (secondary N) is 2. The first-order valence-corrected chi connectivity index (χ1v) is 8.66. The summed E-state index contributed by atoms with van der Waals surface area (Å²) in [7, 11) is 0. The van der Waals surface area contributed by atoms with Crippen LogP contribution in [0.25, 0.3) is 0 Å². The molecule has 1 saturated carbocycles. The number of carbonyl (C=O) groups is 1. The van der Waals surface area contributed by atoms with Crippen LogP contribution < -0.4 is 10.6 Å². The van der Waals surface area contributed by atoms with Gasteiger partial charge < -0.3 is 20.1 Å². The lowest BCUT2D eigenvalue weighted by atomic mass is 9.97. The van der Waals surface area contributed by atoms with E-state index in [0.29, 0.717) is 30.5 Å². The fourth-order valence-corrected chi connectivity index (χ4v) is 3.45. The molecule has 1 heterocycles. The molecule has 4 atom stereocenters. The summed E-state index contributed by atoms with van der Waals surface area (Å²) in [5.41, 5.74) is -0.436. The minimum absolute atomic E-state index is 0.310. The number of hydrogen-bond acceptors (Lipinski definition) is 4. The van der Waals surface area contributed by atoms with Gasteiger partial charge in [0.25, 0.3) is 0 Å². The summed E-state index contributed by atoms with van der Waals surface area (Å²) in [6, 6.07) is 0.972. The second-order valence-corrected chi connectivity index (χ2v) is 7.76. The zero-order valence-corrected chi connectivity index (χ0v) is 14.5. The Bertz CT molecular complexity index is 361. The minimum atomic E-state index is -0.436. The molecule has 2 rings (SSSR count). The van der Waals surface area contributed by atoms with Crippen molar-refractivity contribution in [3.05, 3.63) is 0 Å². The van der Waals surface area contributed by atoms with Crippen LogP contribution in [0.15, 0.2) is 0 Å². The van der Waals surface area contributed by atoms with Crippen LogP contribution in [0.2, 0.25) is 0 Å². The fourth-order valence-electron chi connectivity index (χ4n) is 3.45. The van der Waals surface area contributed by atoms with Crippen molar-refractivity contribution < 1.29 is 14.3 Å². The van der Waals surface area contributed by atoms with E-state index in [-0.39, 0.29) is 6.09 Å². The first-order valence-electron chi connectivity index (χ1n) is 8.66. The van der Waals surface area contributed by atoms with E-state index in [0.717, 1.165) is 19.6 Å². The van der Waals surface area contributed by atoms with E-state index in [1.807, 2.05) is 20.8 Å². The summed E-state index contributed by atoms with van der Waals surface area (Å²) in [6.07, 6.45) is 4.43. The maximum atomic E-state index is 11.8. The van der Waals surface area contributed by atoms with Crippen molar-refractivity contribution in [2.75, 3.05) is 19.8 Å². The molecule has 1 aliphatic carbocycles. The van der Waals surface area contributed by atoms with Crippen LogP contribution in [-0.2, 0) is 9.47 Å². The van der Waals surface area contributed by atoms with Crippen molar-refractivity contribution in [1.29, 1.82) is 0 Å². The maximum absolute atomic E-state index is 11.8. The Hall–Kier alpha value is -0.810. The molecule has 22 heavy (non-hydrogen) atoms. The summed E-state index contributed by atoms with van der Waals surface area (Å²) in [4.78, 5) is 11.8. The molecule has 128 valence electrons. The number of alkyl carbamates (subject to hydrolysis) is 1. The monoisotopic (exact) mass is 312 g/mol. The van der Waals surface area contributed by atoms with Gasteiger partial charge in [-0.25, -0.2) is 4.79 Å². The second kappa shape index (κ2) is 7.64. The third-order valence-corrected chi connectivity index (χ3v) is 4.72. The zero-order valence-electron chi connectivity index (χ0n) is 14.5. The van der Waals surface area contributed by atoms with Gasteiger partial charge in [-0.1, -0.05) is 6.42 Å². The lowest BCUT2D eigenvalue weighted by Crippen LogP contribution is -2.46. The van der Waals surface area contributed by atoms with E-state index in [2.05, 4.69) is 17.6 Å². The lowest BCUT2D eigenvalue weighted by molar-refractivity contribution is 0.0517. The largest absolute Gasteiger partial charge is 0.444 e. The van der Waals surface area contributed by atoms with E-state index in [4.69, 9.17) is 9.47 Å². The predicted molar refractivity (Wildman–Crippen MR) is 86.9 cm³/mol. The molecule has 0 radical (unpaired) electrons. The summed E-state index contributed by atoms with van der Waals surface area (Å²) < 4.78 is 10.8. The molecule has 0 aromatic rings. The Morgan fingerprint density at radius 1 is 1.32 bits per heavy atom. The molecule has 0 bridgehead atoms. The summed E-state index contributed by atoms with van der Waals surface area (Å²) in [5.74, 6) is 1.12. The van der Waals surface area contributed by atoms with Gasteiger partial charge in [-0.2, -0.15) is 0 Å². The number of hydrogen-bond donors (Lipinski definition) is 2. The summed E-state index contributed by atoms with van der Waals surface area (Å²) in [6.45, 7) is 10.4. The first-order chi connectivity index (χ1) is 10.3. The molecule has 2 aliphatic rings. The van der Waals surface area contributed by atoms with Crippen molar-refractivity contribution in [3.63, 3.8) is 0 Å². The quantitative estimate of drug-likeness (QED) is 0.819. The molecular formula is C17H32N2O3. The fraction of sp³-hybridized carbons (Fsp3) is 0.941. The molecular weight excluding hydrogens is 280 g/mol. The van der Waals surface area contributed by atoms with Gasteiger partial charge in [0.05, 0.1) is 6.61 Å². The lowest BCUT2D eigenvalue weighted by Gasteiger charge is -2.28. The Labute approximate surface area is 134 Å². The van der Waals surface area contributed by atoms with Gasteiger partial charge in [-0.3, -0.25) is 0 Å². The van der Waals surface area contributed by atoms with Gasteiger partial charge in [0.15, 0.2) is 0 Å². The Balaban J connectivity index is 1.74. The Kier molecular flexibility index (Phi) is 6.09. The molecule has 4 unspecified atom stereocenters. The van der Waals surface area contributed by atoms with Crippen molar-refractivity contribution >= 4 is 6.09 Å².